The first kappa shape index (κ1) is 24.5. The second-order valence-corrected chi connectivity index (χ2v) is 9.05. The van der Waals surface area contributed by atoms with Crippen LogP contribution in [0.3, 0.4) is 0 Å². The van der Waals surface area contributed by atoms with Gasteiger partial charge in [0.25, 0.3) is 0 Å². The van der Waals surface area contributed by atoms with E-state index in [0.717, 1.165) is 11.1 Å². The second-order valence-electron chi connectivity index (χ2n) is 7.88. The SMILES string of the molecule is COC(=O)c1cccc2c1c(C(=O)c1ccc(CNc3ccncc3[N+](=O)[O-])s1)cn2C(=O)N(C)C. The monoisotopic (exact) mass is 507 g/mol. The average molecular weight is 508 g/mol. The van der Waals surface area contributed by atoms with Crippen molar-refractivity contribution in [3.05, 3.63) is 86.0 Å². The van der Waals surface area contributed by atoms with Gasteiger partial charge in [0.15, 0.2) is 0 Å². The first-order valence-electron chi connectivity index (χ1n) is 10.6. The molecule has 11 nitrogen and oxygen atoms in total. The van der Waals surface area contributed by atoms with E-state index in [9.17, 15) is 24.5 Å². The smallest absolute Gasteiger partial charge is 0.338 e. The van der Waals surface area contributed by atoms with E-state index >= 15 is 0 Å². The Bertz CT molecular complexity index is 1510. The van der Waals surface area contributed by atoms with E-state index in [4.69, 9.17) is 4.74 Å². The number of hydrogen-bond acceptors (Lipinski definition) is 9. The molecule has 1 aromatic carbocycles. The number of nitro groups is 1. The Morgan fingerprint density at radius 1 is 1.17 bits per heavy atom. The molecule has 4 aromatic rings. The Kier molecular flexibility index (Phi) is 6.79. The van der Waals surface area contributed by atoms with Gasteiger partial charge in [0.05, 0.1) is 33.6 Å². The second kappa shape index (κ2) is 9.96. The van der Waals surface area contributed by atoms with Gasteiger partial charge in [-0.3, -0.25) is 24.5 Å². The molecule has 0 aliphatic rings. The number of pyridine rings is 1. The first-order chi connectivity index (χ1) is 17.2. The van der Waals surface area contributed by atoms with Crippen molar-refractivity contribution in [1.82, 2.24) is 14.5 Å². The van der Waals surface area contributed by atoms with Gasteiger partial charge in [-0.05, 0) is 30.3 Å². The molecule has 3 aromatic heterocycles. The van der Waals surface area contributed by atoms with E-state index in [-0.39, 0.29) is 35.2 Å². The molecule has 1 N–H and O–H groups in total. The van der Waals surface area contributed by atoms with Crippen LogP contribution >= 0.6 is 11.3 Å². The van der Waals surface area contributed by atoms with Gasteiger partial charge in [-0.15, -0.1) is 11.3 Å². The third-order valence-electron chi connectivity index (χ3n) is 5.40. The lowest BCUT2D eigenvalue weighted by molar-refractivity contribution is -0.384. The zero-order chi connectivity index (χ0) is 26.0. The normalized spacial score (nSPS) is 10.8. The Balaban J connectivity index is 1.70. The highest BCUT2D eigenvalue weighted by atomic mass is 32.1. The van der Waals surface area contributed by atoms with Gasteiger partial charge in [0.2, 0.25) is 5.78 Å². The molecule has 0 bridgehead atoms. The Labute approximate surface area is 209 Å². The van der Waals surface area contributed by atoms with E-state index in [2.05, 4.69) is 10.3 Å². The highest BCUT2D eigenvalue weighted by Gasteiger charge is 2.25. The summed E-state index contributed by atoms with van der Waals surface area (Å²) in [6.07, 6.45) is 4.04. The fraction of sp³-hybridized carbons (Fsp3) is 0.167. The Morgan fingerprint density at radius 3 is 2.64 bits per heavy atom. The van der Waals surface area contributed by atoms with Crippen LogP contribution in [0.2, 0.25) is 0 Å². The molecule has 0 fully saturated rings. The summed E-state index contributed by atoms with van der Waals surface area (Å²) >= 11 is 1.20. The number of rotatable bonds is 7. The highest BCUT2D eigenvalue weighted by molar-refractivity contribution is 7.14. The summed E-state index contributed by atoms with van der Waals surface area (Å²) in [5.74, 6) is -0.993. The predicted molar refractivity (Wildman–Crippen MR) is 134 cm³/mol. The van der Waals surface area contributed by atoms with Crippen LogP contribution in [0.1, 0.15) is 30.5 Å². The number of anilines is 1. The number of ether oxygens (including phenoxy) is 1. The first-order valence-corrected chi connectivity index (χ1v) is 11.4. The lowest BCUT2D eigenvalue weighted by atomic mass is 10.0. The molecule has 0 saturated heterocycles. The number of hydrogen-bond donors (Lipinski definition) is 1. The van der Waals surface area contributed by atoms with Crippen LogP contribution in [0.4, 0.5) is 16.2 Å². The van der Waals surface area contributed by atoms with E-state index in [1.165, 1.54) is 46.4 Å². The van der Waals surface area contributed by atoms with Crippen molar-refractivity contribution >= 4 is 51.4 Å². The van der Waals surface area contributed by atoms with Gasteiger partial charge >= 0.3 is 17.7 Å². The number of nitrogens with zero attached hydrogens (tertiary/aromatic N) is 4. The number of aromatic nitrogens is 2. The summed E-state index contributed by atoms with van der Waals surface area (Å²) in [6.45, 7) is 0.247. The summed E-state index contributed by atoms with van der Waals surface area (Å²) in [5, 5.41) is 14.5. The van der Waals surface area contributed by atoms with Gasteiger partial charge in [-0.1, -0.05) is 6.07 Å². The highest BCUT2D eigenvalue weighted by Crippen LogP contribution is 2.31. The van der Waals surface area contributed by atoms with Crippen LogP contribution in [0, 0.1) is 10.1 Å². The van der Waals surface area contributed by atoms with Crippen molar-refractivity contribution in [3.8, 4) is 0 Å². The van der Waals surface area contributed by atoms with Crippen molar-refractivity contribution in [2.24, 2.45) is 0 Å². The molecule has 0 aliphatic carbocycles. The zero-order valence-corrected chi connectivity index (χ0v) is 20.4. The maximum Gasteiger partial charge on any atom is 0.338 e. The number of benzene rings is 1. The van der Waals surface area contributed by atoms with Gasteiger partial charge in [0.1, 0.15) is 11.9 Å². The van der Waals surface area contributed by atoms with E-state index < -0.39 is 10.9 Å². The predicted octanol–water partition coefficient (Wildman–Crippen LogP) is 4.17. The van der Waals surface area contributed by atoms with Crippen molar-refractivity contribution < 1.29 is 24.0 Å². The van der Waals surface area contributed by atoms with Crippen LogP contribution in [0.15, 0.2) is 55.0 Å². The number of esters is 1. The molecule has 0 saturated carbocycles. The molecular weight excluding hydrogens is 486 g/mol. The average Bonchev–Trinajstić information content (AvgIpc) is 3.51. The van der Waals surface area contributed by atoms with Crippen LogP contribution in [0.25, 0.3) is 10.9 Å². The maximum absolute atomic E-state index is 13.6. The Morgan fingerprint density at radius 2 is 1.94 bits per heavy atom. The standard InChI is InChI=1S/C24H21N5O6S/c1-27(2)24(32)28-13-16(21-15(23(31)35-3)5-4-6-18(21)28)22(30)20-8-7-14(36-20)11-26-17-9-10-25-12-19(17)29(33)34/h4-10,12-13H,11H2,1-3H3,(H,25,26). The number of carbonyl (C=O) groups is 3. The fourth-order valence-electron chi connectivity index (χ4n) is 3.70. The number of thiophene rings is 1. The minimum absolute atomic E-state index is 0.154. The van der Waals surface area contributed by atoms with Crippen molar-refractivity contribution in [1.29, 1.82) is 0 Å². The number of fused-ring (bicyclic) bond motifs is 1. The van der Waals surface area contributed by atoms with Gasteiger partial charge in [0, 0.05) is 43.3 Å². The van der Waals surface area contributed by atoms with Crippen molar-refractivity contribution in [2.75, 3.05) is 26.5 Å². The van der Waals surface area contributed by atoms with Gasteiger partial charge in [-0.25, -0.2) is 9.59 Å². The third kappa shape index (κ3) is 4.53. The van der Waals surface area contributed by atoms with E-state index in [0.29, 0.717) is 21.5 Å². The van der Waals surface area contributed by atoms with Gasteiger partial charge < -0.3 is 15.0 Å². The van der Waals surface area contributed by atoms with Crippen molar-refractivity contribution in [2.45, 2.75) is 6.54 Å². The molecule has 3 heterocycles. The third-order valence-corrected chi connectivity index (χ3v) is 6.49. The topological polar surface area (TPSA) is 137 Å². The lowest BCUT2D eigenvalue weighted by Crippen LogP contribution is -2.26. The molecule has 0 atom stereocenters. The lowest BCUT2D eigenvalue weighted by Gasteiger charge is -2.11. The van der Waals surface area contributed by atoms with Crippen LogP contribution in [-0.4, -0.2) is 58.4 Å². The fourth-order valence-corrected chi connectivity index (χ4v) is 4.61. The Hall–Kier alpha value is -4.58. The summed E-state index contributed by atoms with van der Waals surface area (Å²) in [7, 11) is 4.42. The minimum atomic E-state index is -0.625. The quantitative estimate of drug-likeness (QED) is 0.170. The molecular formula is C24H21N5O6S. The van der Waals surface area contributed by atoms with E-state index in [1.54, 1.807) is 44.4 Å². The molecule has 4 rings (SSSR count). The van der Waals surface area contributed by atoms with Crippen LogP contribution in [0.5, 0.6) is 0 Å². The summed E-state index contributed by atoms with van der Waals surface area (Å²) in [4.78, 5) is 55.8. The van der Waals surface area contributed by atoms with Crippen molar-refractivity contribution in [3.63, 3.8) is 0 Å². The number of ketones is 1. The van der Waals surface area contributed by atoms with Crippen LogP contribution in [-0.2, 0) is 11.3 Å². The summed E-state index contributed by atoms with van der Waals surface area (Å²) < 4.78 is 6.22. The number of carbonyl (C=O) groups excluding carboxylic acids is 3. The molecule has 12 heteroatoms. The maximum atomic E-state index is 13.6. The molecule has 1 amide bonds. The summed E-state index contributed by atoms with van der Waals surface area (Å²) in [5.41, 5.74) is 0.922. The minimum Gasteiger partial charge on any atom is -0.465 e. The molecule has 184 valence electrons. The van der Waals surface area contributed by atoms with Gasteiger partial charge in [-0.2, -0.15) is 0 Å². The van der Waals surface area contributed by atoms with E-state index in [1.807, 2.05) is 0 Å². The molecule has 0 spiro atoms. The number of amides is 1. The summed E-state index contributed by atoms with van der Waals surface area (Å²) in [6, 6.07) is 9.33. The number of methoxy groups -OCH3 is 1. The molecule has 0 unspecified atom stereocenters. The molecule has 0 radical (unpaired) electrons. The molecule has 36 heavy (non-hydrogen) atoms. The number of nitrogens with one attached hydrogen (secondary N) is 1. The molecule has 0 aliphatic heterocycles. The largest absolute Gasteiger partial charge is 0.465 e. The zero-order valence-electron chi connectivity index (χ0n) is 19.5. The van der Waals surface area contributed by atoms with Crippen LogP contribution < -0.4 is 5.32 Å².